The van der Waals surface area contributed by atoms with Crippen molar-refractivity contribution < 1.29 is 33.3 Å². The molecule has 0 heterocycles. The lowest BCUT2D eigenvalue weighted by molar-refractivity contribution is -0.819. The van der Waals surface area contributed by atoms with Gasteiger partial charge in [-0.25, -0.2) is 8.42 Å². The van der Waals surface area contributed by atoms with Crippen LogP contribution in [0, 0.1) is 25.4 Å². The lowest BCUT2D eigenvalue weighted by atomic mass is 10.2. The summed E-state index contributed by atoms with van der Waals surface area (Å²) in [5.41, 5.74) is -3.36. The molecule has 2 N–H and O–H groups in total. The predicted molar refractivity (Wildman–Crippen MR) is 84.6 cm³/mol. The van der Waals surface area contributed by atoms with Crippen molar-refractivity contribution >= 4 is 15.5 Å². The minimum Gasteiger partial charge on any atom is -0.594 e. The largest absolute Gasteiger partial charge is 0.594 e. The van der Waals surface area contributed by atoms with Crippen molar-refractivity contribution in [3.05, 3.63) is 49.7 Å². The molecule has 0 radical (unpaired) electrons. The van der Waals surface area contributed by atoms with Crippen LogP contribution >= 0.6 is 0 Å². The van der Waals surface area contributed by atoms with E-state index in [2.05, 4.69) is 5.11 Å². The third kappa shape index (κ3) is 4.47. The van der Waals surface area contributed by atoms with E-state index in [4.69, 9.17) is 10.2 Å². The van der Waals surface area contributed by atoms with Gasteiger partial charge in [-0.05, 0) is 22.5 Å². The second-order valence-electron chi connectivity index (χ2n) is 5.09. The number of para-hydroxylation sites is 1. The van der Waals surface area contributed by atoms with Gasteiger partial charge >= 0.3 is 5.66 Å². The number of nitrogens with zero attached hydrogens (tertiary/aromatic N) is 4. The molecule has 0 saturated carbocycles. The molecule has 0 fully saturated rings. The van der Waals surface area contributed by atoms with Crippen molar-refractivity contribution in [1.29, 1.82) is 0 Å². The Labute approximate surface area is 147 Å². The maximum absolute atomic E-state index is 12.2. The number of nitro benzene ring substituents is 1. The van der Waals surface area contributed by atoms with Gasteiger partial charge in [-0.15, -0.1) is 0 Å². The highest BCUT2D eigenvalue weighted by Crippen LogP contribution is 2.24. The first kappa shape index (κ1) is 21.3. The number of azo groups is 1. The van der Waals surface area contributed by atoms with Crippen molar-refractivity contribution in [1.82, 2.24) is 0 Å². The van der Waals surface area contributed by atoms with Gasteiger partial charge in [0.25, 0.3) is 5.69 Å². The molecule has 0 aromatic heterocycles. The van der Waals surface area contributed by atoms with Gasteiger partial charge < -0.3 is 15.4 Å². The van der Waals surface area contributed by atoms with Crippen molar-refractivity contribution in [3.63, 3.8) is 0 Å². The average Bonchev–Trinajstić information content (AvgIpc) is 2.60. The molecule has 0 saturated heterocycles. The third-order valence-corrected chi connectivity index (χ3v) is 5.24. The molecule has 0 aliphatic heterocycles. The van der Waals surface area contributed by atoms with Gasteiger partial charge in [0.2, 0.25) is 0 Å². The Morgan fingerprint density at radius 3 is 2.15 bits per heavy atom. The zero-order chi connectivity index (χ0) is 20.0. The first-order valence-corrected chi connectivity index (χ1v) is 8.75. The Bertz CT molecular complexity index is 805. The maximum Gasteiger partial charge on any atom is 0.483 e. The molecule has 13 nitrogen and oxygen atoms in total. The molecule has 1 rings (SSSR count). The van der Waals surface area contributed by atoms with Crippen LogP contribution < -0.4 is 0 Å². The van der Waals surface area contributed by atoms with E-state index in [9.17, 15) is 33.9 Å². The van der Waals surface area contributed by atoms with Crippen LogP contribution in [0.1, 0.15) is 6.42 Å². The van der Waals surface area contributed by atoms with E-state index in [0.717, 1.165) is 12.1 Å². The van der Waals surface area contributed by atoms with Crippen LogP contribution in [0.5, 0.6) is 0 Å². The van der Waals surface area contributed by atoms with E-state index in [1.807, 2.05) is 0 Å². The molecule has 0 aliphatic rings. The van der Waals surface area contributed by atoms with E-state index in [-0.39, 0.29) is 6.42 Å². The number of aliphatic hydroxyl groups excluding tert-OH is 2. The highest BCUT2D eigenvalue weighted by molar-refractivity contribution is 7.91. The van der Waals surface area contributed by atoms with Crippen molar-refractivity contribution in [2.75, 3.05) is 25.5 Å². The molecular weight excluding hydrogens is 376 g/mol. The zero-order valence-corrected chi connectivity index (χ0v) is 14.1. The Hall–Kier alpha value is -2.71. The summed E-state index contributed by atoms with van der Waals surface area (Å²) in [6.45, 7) is -3.09. The van der Waals surface area contributed by atoms with Crippen molar-refractivity contribution in [3.8, 4) is 0 Å². The SMILES string of the molecule is O=[N+]([O-])c1ccccc1S(=O)(=O)CCCN=[N+]([O-])C(CO)(CO)[N+](=O)[O-]. The quantitative estimate of drug-likeness (QED) is 0.134. The summed E-state index contributed by atoms with van der Waals surface area (Å²) in [6, 6.07) is 4.73. The van der Waals surface area contributed by atoms with E-state index >= 15 is 0 Å². The Morgan fingerprint density at radius 2 is 1.65 bits per heavy atom. The number of sulfone groups is 1. The first-order valence-electron chi connectivity index (χ1n) is 7.09. The lowest BCUT2D eigenvalue weighted by Gasteiger charge is -2.16. The number of hydrogen-bond donors (Lipinski definition) is 2. The molecule has 0 amide bonds. The number of rotatable bonds is 10. The minimum atomic E-state index is -4.05. The summed E-state index contributed by atoms with van der Waals surface area (Å²) in [5.74, 6) is -0.598. The molecule has 0 aliphatic carbocycles. The van der Waals surface area contributed by atoms with Crippen molar-refractivity contribution in [2.45, 2.75) is 17.0 Å². The van der Waals surface area contributed by atoms with Crippen LogP contribution in [0.25, 0.3) is 0 Å². The summed E-state index contributed by atoms with van der Waals surface area (Å²) >= 11 is 0. The maximum atomic E-state index is 12.2. The molecule has 1 aromatic rings. The predicted octanol–water partition coefficient (Wildman–Crippen LogP) is -0.321. The summed E-state index contributed by atoms with van der Waals surface area (Å²) in [6.07, 6.45) is -0.266. The molecule has 26 heavy (non-hydrogen) atoms. The Kier molecular flexibility index (Phi) is 7.05. The van der Waals surface area contributed by atoms with E-state index in [1.54, 1.807) is 0 Å². The molecular formula is C12H16N4O9S. The van der Waals surface area contributed by atoms with E-state index < -0.39 is 66.3 Å². The number of hydrogen-bond acceptors (Lipinski definition) is 10. The first-order chi connectivity index (χ1) is 12.1. The van der Waals surface area contributed by atoms with Crippen LogP contribution in [0.3, 0.4) is 0 Å². The highest BCUT2D eigenvalue weighted by atomic mass is 32.2. The van der Waals surface area contributed by atoms with Crippen LogP contribution in [-0.4, -0.2) is 64.5 Å². The zero-order valence-electron chi connectivity index (χ0n) is 13.3. The van der Waals surface area contributed by atoms with Gasteiger partial charge in [-0.1, -0.05) is 12.1 Å². The number of aliphatic hydroxyl groups is 2. The van der Waals surface area contributed by atoms with Crippen LogP contribution in [0.15, 0.2) is 34.3 Å². The normalized spacial score (nSPS) is 12.8. The summed E-state index contributed by atoms with van der Waals surface area (Å²) in [5, 5.41) is 54.5. The lowest BCUT2D eigenvalue weighted by Crippen LogP contribution is -2.53. The van der Waals surface area contributed by atoms with Crippen LogP contribution in [-0.2, 0) is 9.84 Å². The highest BCUT2D eigenvalue weighted by Gasteiger charge is 2.53. The topological polar surface area (TPSA) is 199 Å². The smallest absolute Gasteiger partial charge is 0.483 e. The van der Waals surface area contributed by atoms with Gasteiger partial charge in [0, 0.05) is 6.07 Å². The van der Waals surface area contributed by atoms with Gasteiger partial charge in [0.15, 0.2) is 23.1 Å². The summed E-state index contributed by atoms with van der Waals surface area (Å²) in [7, 11) is -4.05. The minimum absolute atomic E-state index is 0.266. The number of benzene rings is 1. The van der Waals surface area contributed by atoms with Gasteiger partial charge in [0.1, 0.15) is 16.4 Å². The van der Waals surface area contributed by atoms with Crippen LogP contribution in [0.2, 0.25) is 0 Å². The third-order valence-electron chi connectivity index (χ3n) is 3.40. The molecule has 0 bridgehead atoms. The average molecular weight is 392 g/mol. The van der Waals surface area contributed by atoms with Crippen LogP contribution in [0.4, 0.5) is 5.69 Å². The fourth-order valence-electron chi connectivity index (χ4n) is 1.88. The molecule has 0 atom stereocenters. The van der Waals surface area contributed by atoms with Crippen molar-refractivity contribution in [2.24, 2.45) is 5.11 Å². The summed E-state index contributed by atoms with van der Waals surface area (Å²) in [4.78, 5) is 18.7. The van der Waals surface area contributed by atoms with E-state index in [0.29, 0.717) is 0 Å². The van der Waals surface area contributed by atoms with E-state index in [1.165, 1.54) is 12.1 Å². The molecule has 1 aromatic carbocycles. The molecule has 0 unspecified atom stereocenters. The van der Waals surface area contributed by atoms with Gasteiger partial charge in [-0.2, -0.15) is 0 Å². The number of nitro groups is 2. The molecule has 0 spiro atoms. The monoisotopic (exact) mass is 392 g/mol. The summed E-state index contributed by atoms with van der Waals surface area (Å²) < 4.78 is 24.4. The second-order valence-corrected chi connectivity index (χ2v) is 7.17. The fraction of sp³-hybridized carbons (Fsp3) is 0.500. The standard InChI is InChI=1S/C12H16N4O9S/c17-8-12(9-18,16(22)23)15(21)13-6-3-7-26(24,25)11-5-2-1-4-10(11)14(19)20/h1-2,4-5,17-18H,3,6-9H2. The van der Waals surface area contributed by atoms with Gasteiger partial charge in [0.05, 0.1) is 10.7 Å². The molecule has 144 valence electrons. The fourth-order valence-corrected chi connectivity index (χ4v) is 3.36. The Balaban J connectivity index is 2.88. The number of hydroxylamine groups is 1. The Morgan fingerprint density at radius 1 is 1.08 bits per heavy atom. The molecule has 14 heteroatoms. The second kappa shape index (κ2) is 8.59. The van der Waals surface area contributed by atoms with Gasteiger partial charge in [-0.3, -0.25) is 20.2 Å².